The van der Waals surface area contributed by atoms with Crippen molar-refractivity contribution in [1.29, 1.82) is 0 Å². The highest BCUT2D eigenvalue weighted by atomic mass is 79.9. The first-order chi connectivity index (χ1) is 8.06. The molecule has 0 bridgehead atoms. The lowest BCUT2D eigenvalue weighted by molar-refractivity contribution is 1.41. The van der Waals surface area contributed by atoms with Crippen LogP contribution in [0.3, 0.4) is 0 Å². The van der Waals surface area contributed by atoms with Gasteiger partial charge in [-0.15, -0.1) is 0 Å². The summed E-state index contributed by atoms with van der Waals surface area (Å²) in [7, 11) is 0. The van der Waals surface area contributed by atoms with Gasteiger partial charge in [0.15, 0.2) is 0 Å². The van der Waals surface area contributed by atoms with E-state index in [-0.39, 0.29) is 0 Å². The van der Waals surface area contributed by atoms with Crippen molar-refractivity contribution in [2.45, 2.75) is 13.8 Å². The minimum atomic E-state index is 0.809. The SMILES string of the molecule is Cc1ccc(Nc2ccc(Br)c(C)c2)cc1N. The molecule has 0 aliphatic heterocycles. The second-order valence-corrected chi connectivity index (χ2v) is 5.01. The number of nitrogens with two attached hydrogens (primary N) is 1. The molecule has 0 amide bonds. The maximum absolute atomic E-state index is 5.88. The third-order valence-electron chi connectivity index (χ3n) is 2.73. The van der Waals surface area contributed by atoms with Crippen molar-refractivity contribution >= 4 is 33.0 Å². The molecule has 2 aromatic carbocycles. The molecule has 3 N–H and O–H groups in total. The molecule has 0 aromatic heterocycles. The van der Waals surface area contributed by atoms with E-state index in [0.29, 0.717) is 0 Å². The van der Waals surface area contributed by atoms with Crippen molar-refractivity contribution < 1.29 is 0 Å². The molecule has 0 saturated carbocycles. The van der Waals surface area contributed by atoms with Gasteiger partial charge in [0.25, 0.3) is 0 Å². The van der Waals surface area contributed by atoms with E-state index in [1.807, 2.05) is 37.3 Å². The number of hydrogen-bond donors (Lipinski definition) is 2. The van der Waals surface area contributed by atoms with Crippen LogP contribution in [0.2, 0.25) is 0 Å². The zero-order chi connectivity index (χ0) is 12.4. The Bertz CT molecular complexity index is 500. The van der Waals surface area contributed by atoms with E-state index in [1.165, 1.54) is 5.56 Å². The fourth-order valence-electron chi connectivity index (χ4n) is 1.61. The summed E-state index contributed by atoms with van der Waals surface area (Å²) < 4.78 is 1.12. The summed E-state index contributed by atoms with van der Waals surface area (Å²) >= 11 is 3.49. The van der Waals surface area contributed by atoms with Crippen molar-refractivity contribution in [3.05, 3.63) is 52.0 Å². The van der Waals surface area contributed by atoms with Crippen LogP contribution in [0.25, 0.3) is 0 Å². The lowest BCUT2D eigenvalue weighted by Gasteiger charge is -2.10. The Balaban J connectivity index is 2.25. The van der Waals surface area contributed by atoms with Gasteiger partial charge in [0.05, 0.1) is 0 Å². The lowest BCUT2D eigenvalue weighted by atomic mass is 10.1. The largest absolute Gasteiger partial charge is 0.398 e. The maximum Gasteiger partial charge on any atom is 0.0405 e. The third-order valence-corrected chi connectivity index (χ3v) is 3.62. The minimum Gasteiger partial charge on any atom is -0.398 e. The summed E-state index contributed by atoms with van der Waals surface area (Å²) in [5.74, 6) is 0. The minimum absolute atomic E-state index is 0.809. The number of anilines is 3. The third kappa shape index (κ3) is 2.80. The fraction of sp³-hybridized carbons (Fsp3) is 0.143. The molecular formula is C14H15BrN2. The Morgan fingerprint density at radius 2 is 1.59 bits per heavy atom. The zero-order valence-corrected chi connectivity index (χ0v) is 11.5. The number of benzene rings is 2. The smallest absolute Gasteiger partial charge is 0.0405 e. The highest BCUT2D eigenvalue weighted by Gasteiger charge is 2.00. The zero-order valence-electron chi connectivity index (χ0n) is 9.92. The highest BCUT2D eigenvalue weighted by molar-refractivity contribution is 9.10. The number of nitrogens with one attached hydrogen (secondary N) is 1. The van der Waals surface area contributed by atoms with Crippen molar-refractivity contribution in [3.63, 3.8) is 0 Å². The summed E-state index contributed by atoms with van der Waals surface area (Å²) in [6.07, 6.45) is 0. The number of halogens is 1. The van der Waals surface area contributed by atoms with Crippen LogP contribution < -0.4 is 11.1 Å². The first-order valence-electron chi connectivity index (χ1n) is 5.45. The van der Waals surface area contributed by atoms with E-state index in [9.17, 15) is 0 Å². The van der Waals surface area contributed by atoms with Crippen molar-refractivity contribution in [2.24, 2.45) is 0 Å². The van der Waals surface area contributed by atoms with Gasteiger partial charge in [-0.1, -0.05) is 22.0 Å². The van der Waals surface area contributed by atoms with Crippen LogP contribution in [-0.2, 0) is 0 Å². The summed E-state index contributed by atoms with van der Waals surface area (Å²) in [4.78, 5) is 0. The maximum atomic E-state index is 5.88. The van der Waals surface area contributed by atoms with Gasteiger partial charge in [0.2, 0.25) is 0 Å². The quantitative estimate of drug-likeness (QED) is 0.805. The van der Waals surface area contributed by atoms with Gasteiger partial charge in [0, 0.05) is 21.5 Å². The molecule has 0 saturated heterocycles. The number of hydrogen-bond acceptors (Lipinski definition) is 2. The molecule has 0 aliphatic carbocycles. The van der Waals surface area contributed by atoms with Crippen LogP contribution >= 0.6 is 15.9 Å². The monoisotopic (exact) mass is 290 g/mol. The average Bonchev–Trinajstić information content (AvgIpc) is 2.29. The van der Waals surface area contributed by atoms with Crippen LogP contribution in [-0.4, -0.2) is 0 Å². The van der Waals surface area contributed by atoms with Crippen LogP contribution in [0, 0.1) is 13.8 Å². The standard InChI is InChI=1S/C14H15BrN2/c1-9-3-4-12(8-14(9)16)17-11-5-6-13(15)10(2)7-11/h3-8,17H,16H2,1-2H3. The van der Waals surface area contributed by atoms with Crippen molar-refractivity contribution in [3.8, 4) is 0 Å². The Kier molecular flexibility index (Phi) is 3.38. The van der Waals surface area contributed by atoms with Gasteiger partial charge >= 0.3 is 0 Å². The molecule has 0 heterocycles. The van der Waals surface area contributed by atoms with Crippen LogP contribution in [0.5, 0.6) is 0 Å². The van der Waals surface area contributed by atoms with Crippen molar-refractivity contribution in [2.75, 3.05) is 11.1 Å². The molecule has 0 unspecified atom stereocenters. The molecule has 2 rings (SSSR count). The van der Waals surface area contributed by atoms with E-state index < -0.39 is 0 Å². The Hall–Kier alpha value is -1.48. The van der Waals surface area contributed by atoms with E-state index >= 15 is 0 Å². The molecule has 0 atom stereocenters. The summed E-state index contributed by atoms with van der Waals surface area (Å²) in [5.41, 5.74) is 11.1. The number of nitrogen functional groups attached to an aromatic ring is 1. The molecule has 0 fully saturated rings. The van der Waals surface area contributed by atoms with Gasteiger partial charge in [-0.05, 0) is 55.3 Å². The predicted molar refractivity (Wildman–Crippen MR) is 77.8 cm³/mol. The van der Waals surface area contributed by atoms with Crippen molar-refractivity contribution in [1.82, 2.24) is 0 Å². The summed E-state index contributed by atoms with van der Waals surface area (Å²) in [6, 6.07) is 12.2. The normalized spacial score (nSPS) is 10.3. The van der Waals surface area contributed by atoms with E-state index in [2.05, 4.69) is 34.2 Å². The summed E-state index contributed by atoms with van der Waals surface area (Å²) in [5, 5.41) is 3.34. The molecule has 0 aliphatic rings. The molecular weight excluding hydrogens is 276 g/mol. The molecule has 2 aromatic rings. The van der Waals surface area contributed by atoms with E-state index in [4.69, 9.17) is 5.73 Å². The topological polar surface area (TPSA) is 38.0 Å². The Morgan fingerprint density at radius 3 is 2.24 bits per heavy atom. The highest BCUT2D eigenvalue weighted by Crippen LogP contribution is 2.24. The molecule has 17 heavy (non-hydrogen) atoms. The van der Waals surface area contributed by atoms with Gasteiger partial charge in [0.1, 0.15) is 0 Å². The van der Waals surface area contributed by atoms with Gasteiger partial charge < -0.3 is 11.1 Å². The van der Waals surface area contributed by atoms with E-state index in [1.54, 1.807) is 0 Å². The molecule has 0 radical (unpaired) electrons. The van der Waals surface area contributed by atoms with Gasteiger partial charge in [-0.3, -0.25) is 0 Å². The van der Waals surface area contributed by atoms with Crippen LogP contribution in [0.4, 0.5) is 17.1 Å². The molecule has 2 nitrogen and oxygen atoms in total. The fourth-order valence-corrected chi connectivity index (χ4v) is 1.85. The molecule has 3 heteroatoms. The van der Waals surface area contributed by atoms with E-state index in [0.717, 1.165) is 27.1 Å². The number of aryl methyl sites for hydroxylation is 2. The second kappa shape index (κ2) is 4.80. The summed E-state index contributed by atoms with van der Waals surface area (Å²) in [6.45, 7) is 4.07. The van der Waals surface area contributed by atoms with Crippen LogP contribution in [0.15, 0.2) is 40.9 Å². The molecule has 0 spiro atoms. The predicted octanol–water partition coefficient (Wildman–Crippen LogP) is 4.39. The first kappa shape index (κ1) is 12.0. The van der Waals surface area contributed by atoms with Crippen LogP contribution in [0.1, 0.15) is 11.1 Å². The second-order valence-electron chi connectivity index (χ2n) is 4.16. The lowest BCUT2D eigenvalue weighted by Crippen LogP contribution is -1.94. The first-order valence-corrected chi connectivity index (χ1v) is 6.25. The Morgan fingerprint density at radius 1 is 0.941 bits per heavy atom. The number of rotatable bonds is 2. The Labute approximate surface area is 110 Å². The average molecular weight is 291 g/mol. The molecule has 88 valence electrons. The van der Waals surface area contributed by atoms with Gasteiger partial charge in [-0.2, -0.15) is 0 Å². The van der Waals surface area contributed by atoms with Gasteiger partial charge in [-0.25, -0.2) is 0 Å².